The average Bonchev–Trinajstić information content (AvgIpc) is 2.59. The van der Waals surface area contributed by atoms with Crippen LogP contribution in [0.25, 0.3) is 0 Å². The van der Waals surface area contributed by atoms with Gasteiger partial charge < -0.3 is 10.2 Å². The SMILES string of the molecule is CCCCN(C)C(=O)c1cc(C)nc(Nc2ccccc2C#N)n1. The number of aryl methyl sites for hydroxylation is 1. The number of aromatic nitrogens is 2. The Morgan fingerprint density at radius 1 is 1.33 bits per heavy atom. The standard InChI is InChI=1S/C18H21N5O/c1-4-5-10-23(3)17(24)16-11-13(2)20-18(22-16)21-15-9-7-6-8-14(15)12-19/h6-9,11H,4-5,10H2,1-3H3,(H,20,21,22). The lowest BCUT2D eigenvalue weighted by Crippen LogP contribution is -2.28. The second kappa shape index (κ2) is 8.06. The number of carbonyl (C=O) groups excluding carboxylic acids is 1. The smallest absolute Gasteiger partial charge is 0.272 e. The van der Waals surface area contributed by atoms with Crippen LogP contribution in [0.5, 0.6) is 0 Å². The van der Waals surface area contributed by atoms with Gasteiger partial charge >= 0.3 is 0 Å². The van der Waals surface area contributed by atoms with E-state index < -0.39 is 0 Å². The van der Waals surface area contributed by atoms with Gasteiger partial charge in [-0.25, -0.2) is 9.97 Å². The molecule has 2 aromatic rings. The van der Waals surface area contributed by atoms with Crippen molar-refractivity contribution in [2.75, 3.05) is 18.9 Å². The van der Waals surface area contributed by atoms with Gasteiger partial charge in [-0.3, -0.25) is 4.79 Å². The normalized spacial score (nSPS) is 10.1. The van der Waals surface area contributed by atoms with Crippen molar-refractivity contribution in [3.8, 4) is 6.07 Å². The van der Waals surface area contributed by atoms with Crippen LogP contribution in [0.3, 0.4) is 0 Å². The minimum Gasteiger partial charge on any atom is -0.340 e. The third-order valence-corrected chi connectivity index (χ3v) is 3.56. The highest BCUT2D eigenvalue weighted by atomic mass is 16.2. The molecule has 0 aliphatic rings. The van der Waals surface area contributed by atoms with Crippen LogP contribution in [-0.4, -0.2) is 34.4 Å². The Labute approximate surface area is 142 Å². The Bertz CT molecular complexity index is 766. The first kappa shape index (κ1) is 17.4. The largest absolute Gasteiger partial charge is 0.340 e. The molecular formula is C18H21N5O. The molecule has 0 unspecified atom stereocenters. The van der Waals surface area contributed by atoms with Crippen LogP contribution in [0.2, 0.25) is 0 Å². The Balaban J connectivity index is 2.25. The molecule has 2 rings (SSSR count). The second-order valence-electron chi connectivity index (χ2n) is 5.58. The second-order valence-corrected chi connectivity index (χ2v) is 5.58. The summed E-state index contributed by atoms with van der Waals surface area (Å²) < 4.78 is 0. The molecule has 1 aromatic carbocycles. The number of anilines is 2. The van der Waals surface area contributed by atoms with Gasteiger partial charge in [-0.1, -0.05) is 25.5 Å². The molecule has 0 aliphatic heterocycles. The van der Waals surface area contributed by atoms with E-state index in [9.17, 15) is 4.79 Å². The number of hydrogen-bond donors (Lipinski definition) is 1. The predicted octanol–water partition coefficient (Wildman–Crippen LogP) is 3.27. The van der Waals surface area contributed by atoms with Crippen LogP contribution in [0, 0.1) is 18.3 Å². The Kier molecular flexibility index (Phi) is 5.85. The van der Waals surface area contributed by atoms with Gasteiger partial charge in [0.2, 0.25) is 5.95 Å². The van der Waals surface area contributed by atoms with E-state index in [-0.39, 0.29) is 5.91 Å². The summed E-state index contributed by atoms with van der Waals surface area (Å²) in [6.45, 7) is 4.59. The molecule has 0 saturated carbocycles. The van der Waals surface area contributed by atoms with E-state index in [1.165, 1.54) is 0 Å². The van der Waals surface area contributed by atoms with Crippen LogP contribution in [0.15, 0.2) is 30.3 Å². The molecule has 24 heavy (non-hydrogen) atoms. The van der Waals surface area contributed by atoms with Gasteiger partial charge in [0, 0.05) is 19.3 Å². The minimum absolute atomic E-state index is 0.134. The van der Waals surface area contributed by atoms with Gasteiger partial charge in [0.1, 0.15) is 11.8 Å². The van der Waals surface area contributed by atoms with E-state index in [1.807, 2.05) is 13.0 Å². The van der Waals surface area contributed by atoms with E-state index in [2.05, 4.69) is 28.3 Å². The van der Waals surface area contributed by atoms with E-state index >= 15 is 0 Å². The highest BCUT2D eigenvalue weighted by Crippen LogP contribution is 2.18. The van der Waals surface area contributed by atoms with Crippen LogP contribution >= 0.6 is 0 Å². The fourth-order valence-corrected chi connectivity index (χ4v) is 2.24. The highest BCUT2D eigenvalue weighted by Gasteiger charge is 2.15. The zero-order valence-electron chi connectivity index (χ0n) is 14.2. The van der Waals surface area contributed by atoms with E-state index in [4.69, 9.17) is 5.26 Å². The molecule has 6 heteroatoms. The fourth-order valence-electron chi connectivity index (χ4n) is 2.24. The van der Waals surface area contributed by atoms with Crippen molar-refractivity contribution in [2.45, 2.75) is 26.7 Å². The molecule has 124 valence electrons. The first-order chi connectivity index (χ1) is 11.5. The molecule has 1 aromatic heterocycles. The molecule has 0 spiro atoms. The molecule has 1 amide bonds. The number of hydrogen-bond acceptors (Lipinski definition) is 5. The van der Waals surface area contributed by atoms with Crippen molar-refractivity contribution in [1.82, 2.24) is 14.9 Å². The number of rotatable bonds is 6. The lowest BCUT2D eigenvalue weighted by Gasteiger charge is -2.17. The summed E-state index contributed by atoms with van der Waals surface area (Å²) in [4.78, 5) is 22.8. The minimum atomic E-state index is -0.134. The maximum Gasteiger partial charge on any atom is 0.272 e. The Morgan fingerprint density at radius 3 is 2.79 bits per heavy atom. The summed E-state index contributed by atoms with van der Waals surface area (Å²) in [5, 5.41) is 12.2. The molecule has 0 aliphatic carbocycles. The lowest BCUT2D eigenvalue weighted by atomic mass is 10.2. The first-order valence-corrected chi connectivity index (χ1v) is 7.92. The van der Waals surface area contributed by atoms with E-state index in [0.29, 0.717) is 35.1 Å². The number of nitrogens with zero attached hydrogens (tertiary/aromatic N) is 4. The third-order valence-electron chi connectivity index (χ3n) is 3.56. The summed E-state index contributed by atoms with van der Waals surface area (Å²) >= 11 is 0. The van der Waals surface area contributed by atoms with Crippen molar-refractivity contribution in [3.05, 3.63) is 47.3 Å². The van der Waals surface area contributed by atoms with Crippen LogP contribution in [-0.2, 0) is 0 Å². The van der Waals surface area contributed by atoms with Gasteiger partial charge in [0.15, 0.2) is 0 Å². The fraction of sp³-hybridized carbons (Fsp3) is 0.333. The summed E-state index contributed by atoms with van der Waals surface area (Å²) in [6.07, 6.45) is 1.98. The summed E-state index contributed by atoms with van der Waals surface area (Å²) in [6, 6.07) is 10.9. The predicted molar refractivity (Wildman–Crippen MR) is 93.1 cm³/mol. The molecule has 6 nitrogen and oxygen atoms in total. The number of nitrogens with one attached hydrogen (secondary N) is 1. The molecular weight excluding hydrogens is 302 g/mol. The van der Waals surface area contributed by atoms with Crippen molar-refractivity contribution in [1.29, 1.82) is 5.26 Å². The van der Waals surface area contributed by atoms with Crippen molar-refractivity contribution in [3.63, 3.8) is 0 Å². The zero-order valence-corrected chi connectivity index (χ0v) is 14.2. The van der Waals surface area contributed by atoms with Gasteiger partial charge in [0.05, 0.1) is 11.3 Å². The van der Waals surface area contributed by atoms with E-state index in [1.54, 1.807) is 36.2 Å². The molecule has 0 radical (unpaired) electrons. The van der Waals surface area contributed by atoms with Gasteiger partial charge in [-0.05, 0) is 31.5 Å². The van der Waals surface area contributed by atoms with Gasteiger partial charge in [-0.2, -0.15) is 5.26 Å². The number of unbranched alkanes of at least 4 members (excludes halogenated alkanes) is 1. The molecule has 0 bridgehead atoms. The number of nitriles is 1. The zero-order chi connectivity index (χ0) is 17.5. The van der Waals surface area contributed by atoms with E-state index in [0.717, 1.165) is 12.8 Å². The number of carbonyl (C=O) groups is 1. The molecule has 0 saturated heterocycles. The topological polar surface area (TPSA) is 81.9 Å². The quantitative estimate of drug-likeness (QED) is 0.882. The van der Waals surface area contributed by atoms with Gasteiger partial charge in [0.25, 0.3) is 5.91 Å². The lowest BCUT2D eigenvalue weighted by molar-refractivity contribution is 0.0787. The number of benzene rings is 1. The van der Waals surface area contributed by atoms with Crippen LogP contribution < -0.4 is 5.32 Å². The van der Waals surface area contributed by atoms with Crippen molar-refractivity contribution < 1.29 is 4.79 Å². The third kappa shape index (κ3) is 4.29. The summed E-state index contributed by atoms with van der Waals surface area (Å²) in [7, 11) is 1.77. The maximum absolute atomic E-state index is 12.5. The Hall–Kier alpha value is -2.94. The molecule has 1 N–H and O–H groups in total. The average molecular weight is 323 g/mol. The maximum atomic E-state index is 12.5. The molecule has 0 fully saturated rings. The number of amides is 1. The van der Waals surface area contributed by atoms with Crippen LogP contribution in [0.4, 0.5) is 11.6 Å². The highest BCUT2D eigenvalue weighted by molar-refractivity contribution is 5.92. The molecule has 0 atom stereocenters. The summed E-state index contributed by atoms with van der Waals surface area (Å²) in [5.41, 5.74) is 2.14. The molecule has 1 heterocycles. The van der Waals surface area contributed by atoms with Crippen molar-refractivity contribution >= 4 is 17.5 Å². The Morgan fingerprint density at radius 2 is 2.08 bits per heavy atom. The monoisotopic (exact) mass is 323 g/mol. The summed E-state index contributed by atoms with van der Waals surface area (Å²) in [5.74, 6) is 0.176. The first-order valence-electron chi connectivity index (χ1n) is 7.92. The van der Waals surface area contributed by atoms with Crippen molar-refractivity contribution in [2.24, 2.45) is 0 Å². The number of para-hydroxylation sites is 1. The van der Waals surface area contributed by atoms with Gasteiger partial charge in [-0.15, -0.1) is 0 Å². The van der Waals surface area contributed by atoms with Crippen LogP contribution in [0.1, 0.15) is 41.5 Å².